The third kappa shape index (κ3) is 2.94. The molecule has 0 aliphatic rings. The van der Waals surface area contributed by atoms with Gasteiger partial charge < -0.3 is 9.90 Å². The van der Waals surface area contributed by atoms with Crippen molar-refractivity contribution in [2.45, 2.75) is 32.3 Å². The van der Waals surface area contributed by atoms with E-state index in [0.717, 1.165) is 11.3 Å². The van der Waals surface area contributed by atoms with Crippen molar-refractivity contribution in [1.29, 1.82) is 0 Å². The number of aliphatic hydroxyl groups is 1. The van der Waals surface area contributed by atoms with Gasteiger partial charge in [-0.1, -0.05) is 6.92 Å². The van der Waals surface area contributed by atoms with Crippen molar-refractivity contribution < 1.29 is 9.90 Å². The van der Waals surface area contributed by atoms with Crippen LogP contribution in [0.5, 0.6) is 0 Å². The Labute approximate surface area is 82.2 Å². The van der Waals surface area contributed by atoms with Gasteiger partial charge in [0.05, 0.1) is 0 Å². The topological polar surface area (TPSA) is 37.3 Å². The Bertz CT molecular complexity index is 289. The zero-order valence-electron chi connectivity index (χ0n) is 7.91. The second-order valence-corrected chi connectivity index (χ2v) is 4.63. The van der Waals surface area contributed by atoms with E-state index in [9.17, 15) is 9.90 Å². The minimum atomic E-state index is -1.21. The Kier molecular flexibility index (Phi) is 3.22. The van der Waals surface area contributed by atoms with Gasteiger partial charge in [0.2, 0.25) is 0 Å². The smallest absolute Gasteiger partial charge is 0.151 e. The van der Waals surface area contributed by atoms with Crippen LogP contribution in [0.15, 0.2) is 12.1 Å². The molecule has 0 amide bonds. The van der Waals surface area contributed by atoms with Crippen LogP contribution < -0.4 is 0 Å². The summed E-state index contributed by atoms with van der Waals surface area (Å²) < 4.78 is 0. The molecule has 1 aromatic heterocycles. The quantitative estimate of drug-likeness (QED) is 0.749. The lowest BCUT2D eigenvalue weighted by Gasteiger charge is -2.13. The van der Waals surface area contributed by atoms with Crippen LogP contribution in [-0.4, -0.2) is 17.0 Å². The van der Waals surface area contributed by atoms with Crippen LogP contribution >= 0.6 is 11.3 Å². The van der Waals surface area contributed by atoms with E-state index >= 15 is 0 Å². The molecule has 0 aliphatic carbocycles. The van der Waals surface area contributed by atoms with Crippen molar-refractivity contribution in [2.75, 3.05) is 0 Å². The van der Waals surface area contributed by atoms with Crippen LogP contribution in [-0.2, 0) is 17.6 Å². The summed E-state index contributed by atoms with van der Waals surface area (Å²) in [5, 5.41) is 9.50. The molecule has 1 heterocycles. The van der Waals surface area contributed by atoms with Gasteiger partial charge in [-0.15, -0.1) is 11.3 Å². The van der Waals surface area contributed by atoms with Gasteiger partial charge in [-0.25, -0.2) is 0 Å². The van der Waals surface area contributed by atoms with Gasteiger partial charge >= 0.3 is 0 Å². The highest BCUT2D eigenvalue weighted by Gasteiger charge is 2.20. The number of aryl methyl sites for hydroxylation is 1. The minimum absolute atomic E-state index is 0.418. The fourth-order valence-corrected chi connectivity index (χ4v) is 2.22. The molecule has 0 radical (unpaired) electrons. The van der Waals surface area contributed by atoms with Crippen LogP contribution in [0.1, 0.15) is 23.6 Å². The van der Waals surface area contributed by atoms with Crippen molar-refractivity contribution in [1.82, 2.24) is 0 Å². The highest BCUT2D eigenvalue weighted by molar-refractivity contribution is 7.12. The minimum Gasteiger partial charge on any atom is -0.382 e. The number of hydrogen-bond donors (Lipinski definition) is 1. The van der Waals surface area contributed by atoms with E-state index in [1.54, 1.807) is 11.3 Å². The molecule has 1 aromatic rings. The molecule has 1 atom stereocenters. The zero-order chi connectivity index (χ0) is 9.90. The number of carbonyl (C=O) groups is 1. The molecule has 0 aromatic carbocycles. The lowest BCUT2D eigenvalue weighted by atomic mass is 10.0. The van der Waals surface area contributed by atoms with Gasteiger partial charge in [0, 0.05) is 16.2 Å². The van der Waals surface area contributed by atoms with E-state index in [-0.39, 0.29) is 0 Å². The van der Waals surface area contributed by atoms with E-state index in [2.05, 4.69) is 6.92 Å². The molecule has 0 bridgehead atoms. The van der Waals surface area contributed by atoms with Crippen LogP contribution in [0.2, 0.25) is 0 Å². The monoisotopic (exact) mass is 198 g/mol. The summed E-state index contributed by atoms with van der Waals surface area (Å²) in [6.45, 7) is 3.62. The molecule has 72 valence electrons. The van der Waals surface area contributed by atoms with E-state index in [1.807, 2.05) is 12.1 Å². The first-order valence-corrected chi connectivity index (χ1v) is 5.15. The summed E-state index contributed by atoms with van der Waals surface area (Å²) in [6, 6.07) is 4.02. The number of aldehydes is 1. The molecule has 3 heteroatoms. The Hall–Kier alpha value is -0.670. The Morgan fingerprint density at radius 2 is 2.15 bits per heavy atom. The average Bonchev–Trinajstić information content (AvgIpc) is 2.52. The van der Waals surface area contributed by atoms with Gasteiger partial charge in [0.1, 0.15) is 5.60 Å². The summed E-state index contributed by atoms with van der Waals surface area (Å²) in [5.74, 6) is 0. The lowest BCUT2D eigenvalue weighted by Crippen LogP contribution is -2.28. The standard InChI is InChI=1S/C10H14O2S/c1-3-8-4-5-9(13-8)6-10(2,12)7-11/h4-5,7,12H,3,6H2,1-2H3. The highest BCUT2D eigenvalue weighted by atomic mass is 32.1. The van der Waals surface area contributed by atoms with Crippen molar-refractivity contribution in [3.05, 3.63) is 21.9 Å². The molecular weight excluding hydrogens is 184 g/mol. The molecule has 0 saturated carbocycles. The zero-order valence-corrected chi connectivity index (χ0v) is 8.73. The largest absolute Gasteiger partial charge is 0.382 e. The molecular formula is C10H14O2S. The average molecular weight is 198 g/mol. The van der Waals surface area contributed by atoms with Crippen LogP contribution in [0, 0.1) is 0 Å². The third-order valence-corrected chi connectivity index (χ3v) is 3.08. The molecule has 1 unspecified atom stereocenters. The first kappa shape index (κ1) is 10.4. The van der Waals surface area contributed by atoms with Crippen molar-refractivity contribution in [3.63, 3.8) is 0 Å². The Morgan fingerprint density at radius 3 is 2.62 bits per heavy atom. The van der Waals surface area contributed by atoms with Crippen LogP contribution in [0.3, 0.4) is 0 Å². The van der Waals surface area contributed by atoms with Crippen molar-refractivity contribution in [2.24, 2.45) is 0 Å². The third-order valence-electron chi connectivity index (χ3n) is 1.85. The molecule has 1 N–H and O–H groups in total. The van der Waals surface area contributed by atoms with E-state index < -0.39 is 5.60 Å². The normalized spacial score (nSPS) is 15.3. The highest BCUT2D eigenvalue weighted by Crippen LogP contribution is 2.21. The van der Waals surface area contributed by atoms with Crippen molar-refractivity contribution >= 4 is 17.6 Å². The number of hydrogen-bond acceptors (Lipinski definition) is 3. The van der Waals surface area contributed by atoms with Crippen molar-refractivity contribution in [3.8, 4) is 0 Å². The fourth-order valence-electron chi connectivity index (χ4n) is 1.10. The van der Waals surface area contributed by atoms with Gasteiger partial charge in [0.15, 0.2) is 6.29 Å². The van der Waals surface area contributed by atoms with E-state index in [1.165, 1.54) is 11.8 Å². The molecule has 2 nitrogen and oxygen atoms in total. The number of carbonyl (C=O) groups excluding carboxylic acids is 1. The van der Waals surface area contributed by atoms with Gasteiger partial charge in [-0.3, -0.25) is 0 Å². The molecule has 1 rings (SSSR count). The second kappa shape index (κ2) is 4.03. The number of rotatable bonds is 4. The first-order chi connectivity index (χ1) is 6.07. The van der Waals surface area contributed by atoms with Crippen LogP contribution in [0.25, 0.3) is 0 Å². The van der Waals surface area contributed by atoms with E-state index in [0.29, 0.717) is 12.7 Å². The van der Waals surface area contributed by atoms with E-state index in [4.69, 9.17) is 0 Å². The molecule has 0 fully saturated rings. The summed E-state index contributed by atoms with van der Waals surface area (Å²) in [5.41, 5.74) is -1.21. The van der Waals surface area contributed by atoms with Gasteiger partial charge in [0.25, 0.3) is 0 Å². The summed E-state index contributed by atoms with van der Waals surface area (Å²) in [6.07, 6.45) is 2.02. The molecule has 0 aliphatic heterocycles. The molecule has 0 saturated heterocycles. The Morgan fingerprint density at radius 1 is 1.54 bits per heavy atom. The summed E-state index contributed by atoms with van der Waals surface area (Å²) in [7, 11) is 0. The number of thiophene rings is 1. The molecule has 0 spiro atoms. The predicted molar refractivity (Wildman–Crippen MR) is 54.1 cm³/mol. The maximum atomic E-state index is 10.5. The maximum absolute atomic E-state index is 10.5. The fraction of sp³-hybridized carbons (Fsp3) is 0.500. The Balaban J connectivity index is 2.69. The SMILES string of the molecule is CCc1ccc(CC(C)(O)C=O)s1. The second-order valence-electron chi connectivity index (χ2n) is 3.37. The van der Waals surface area contributed by atoms with Crippen LogP contribution in [0.4, 0.5) is 0 Å². The maximum Gasteiger partial charge on any atom is 0.151 e. The summed E-state index contributed by atoms with van der Waals surface area (Å²) in [4.78, 5) is 12.8. The van der Waals surface area contributed by atoms with Gasteiger partial charge in [-0.2, -0.15) is 0 Å². The lowest BCUT2D eigenvalue weighted by molar-refractivity contribution is -0.122. The predicted octanol–water partition coefficient (Wildman–Crippen LogP) is 1.80. The first-order valence-electron chi connectivity index (χ1n) is 4.33. The molecule has 13 heavy (non-hydrogen) atoms. The summed E-state index contributed by atoms with van der Waals surface area (Å²) >= 11 is 1.66. The van der Waals surface area contributed by atoms with Gasteiger partial charge in [-0.05, 0) is 25.5 Å².